The molecule has 0 aromatic heterocycles. The summed E-state index contributed by atoms with van der Waals surface area (Å²) in [6.07, 6.45) is 22.2. The number of ether oxygens (including phenoxy) is 1. The van der Waals surface area contributed by atoms with Crippen molar-refractivity contribution in [3.8, 4) is 0 Å². The third kappa shape index (κ3) is 15.6. The fourth-order valence-corrected chi connectivity index (χ4v) is 2.67. The van der Waals surface area contributed by atoms with Gasteiger partial charge in [-0.3, -0.25) is 0 Å². The molecule has 0 aliphatic rings. The molecule has 0 aliphatic carbocycles. The highest BCUT2D eigenvalue weighted by atomic mass is 16.5. The minimum atomic E-state index is 0.786. The van der Waals surface area contributed by atoms with Crippen LogP contribution in [0, 0.1) is 5.92 Å². The molecule has 0 spiro atoms. The first-order valence-corrected chi connectivity index (χ1v) is 9.15. The molecule has 21 heavy (non-hydrogen) atoms. The standard InChI is InChI=1S/C20H38O/c1-4-7-9-11-13-15-17-20(19-21-6-3)18-16-14-12-10-8-5-2/h4-5,7-8,20H,6,9-19H2,1-3H3/b7-4+,8-5+. The van der Waals surface area contributed by atoms with Crippen LogP contribution in [0.5, 0.6) is 0 Å². The highest BCUT2D eigenvalue weighted by Crippen LogP contribution is 2.19. The van der Waals surface area contributed by atoms with Crippen LogP contribution in [0.3, 0.4) is 0 Å². The Labute approximate surface area is 133 Å². The summed E-state index contributed by atoms with van der Waals surface area (Å²) < 4.78 is 5.66. The maximum absolute atomic E-state index is 5.66. The second-order valence-corrected chi connectivity index (χ2v) is 5.94. The first kappa shape index (κ1) is 20.4. The molecule has 0 aromatic carbocycles. The van der Waals surface area contributed by atoms with E-state index >= 15 is 0 Å². The molecule has 1 heteroatoms. The summed E-state index contributed by atoms with van der Waals surface area (Å²) in [6, 6.07) is 0. The van der Waals surface area contributed by atoms with Crippen molar-refractivity contribution >= 4 is 0 Å². The molecule has 0 rings (SSSR count). The molecule has 0 fully saturated rings. The zero-order valence-electron chi connectivity index (χ0n) is 14.8. The second kappa shape index (κ2) is 17.5. The molecular weight excluding hydrogens is 256 g/mol. The van der Waals surface area contributed by atoms with E-state index in [2.05, 4.69) is 45.1 Å². The molecule has 124 valence electrons. The van der Waals surface area contributed by atoms with Gasteiger partial charge in [0, 0.05) is 13.2 Å². The fraction of sp³-hybridized carbons (Fsp3) is 0.800. The van der Waals surface area contributed by atoms with E-state index < -0.39 is 0 Å². The van der Waals surface area contributed by atoms with Gasteiger partial charge < -0.3 is 4.74 Å². The van der Waals surface area contributed by atoms with Gasteiger partial charge >= 0.3 is 0 Å². The van der Waals surface area contributed by atoms with Crippen LogP contribution in [0.4, 0.5) is 0 Å². The van der Waals surface area contributed by atoms with Crippen molar-refractivity contribution in [1.29, 1.82) is 0 Å². The van der Waals surface area contributed by atoms with E-state index in [1.165, 1.54) is 64.2 Å². The van der Waals surface area contributed by atoms with Crippen LogP contribution < -0.4 is 0 Å². The Bertz CT molecular complexity index is 220. The first-order chi connectivity index (χ1) is 10.3. The van der Waals surface area contributed by atoms with Crippen molar-refractivity contribution in [1.82, 2.24) is 0 Å². The average molecular weight is 295 g/mol. The Kier molecular flexibility index (Phi) is 17.0. The van der Waals surface area contributed by atoms with Crippen LogP contribution in [-0.2, 0) is 4.74 Å². The monoisotopic (exact) mass is 294 g/mol. The van der Waals surface area contributed by atoms with E-state index in [1.54, 1.807) is 0 Å². The molecule has 0 heterocycles. The number of allylic oxidation sites excluding steroid dienone is 4. The number of rotatable bonds is 15. The van der Waals surface area contributed by atoms with Gasteiger partial charge in [-0.2, -0.15) is 0 Å². The summed E-state index contributed by atoms with van der Waals surface area (Å²) in [5.41, 5.74) is 0. The van der Waals surface area contributed by atoms with Gasteiger partial charge in [-0.1, -0.05) is 50.0 Å². The normalized spacial score (nSPS) is 12.2. The number of hydrogen-bond donors (Lipinski definition) is 0. The molecule has 0 bridgehead atoms. The summed E-state index contributed by atoms with van der Waals surface area (Å²) in [6.45, 7) is 8.15. The zero-order valence-corrected chi connectivity index (χ0v) is 14.8. The lowest BCUT2D eigenvalue weighted by atomic mass is 9.95. The molecular formula is C20H38O. The van der Waals surface area contributed by atoms with E-state index in [0.29, 0.717) is 0 Å². The maximum Gasteiger partial charge on any atom is 0.0494 e. The first-order valence-electron chi connectivity index (χ1n) is 9.15. The second-order valence-electron chi connectivity index (χ2n) is 5.94. The fourth-order valence-electron chi connectivity index (χ4n) is 2.67. The minimum absolute atomic E-state index is 0.786. The number of hydrogen-bond acceptors (Lipinski definition) is 1. The lowest BCUT2D eigenvalue weighted by Gasteiger charge is -2.16. The molecule has 0 saturated heterocycles. The van der Waals surface area contributed by atoms with Gasteiger partial charge in [0.25, 0.3) is 0 Å². The summed E-state index contributed by atoms with van der Waals surface area (Å²) >= 11 is 0. The quantitative estimate of drug-likeness (QED) is 0.241. The predicted molar refractivity (Wildman–Crippen MR) is 95.8 cm³/mol. The van der Waals surface area contributed by atoms with Gasteiger partial charge in [0.2, 0.25) is 0 Å². The third-order valence-electron chi connectivity index (χ3n) is 4.00. The molecule has 0 unspecified atom stereocenters. The maximum atomic E-state index is 5.66. The van der Waals surface area contributed by atoms with Crippen molar-refractivity contribution in [3.05, 3.63) is 24.3 Å². The Morgan fingerprint density at radius 2 is 1.29 bits per heavy atom. The van der Waals surface area contributed by atoms with Gasteiger partial charge in [-0.25, -0.2) is 0 Å². The summed E-state index contributed by atoms with van der Waals surface area (Å²) in [4.78, 5) is 0. The van der Waals surface area contributed by atoms with E-state index in [0.717, 1.165) is 19.1 Å². The molecule has 0 amide bonds. The third-order valence-corrected chi connectivity index (χ3v) is 4.00. The Balaban J connectivity index is 3.65. The smallest absolute Gasteiger partial charge is 0.0494 e. The van der Waals surface area contributed by atoms with E-state index in [9.17, 15) is 0 Å². The van der Waals surface area contributed by atoms with Gasteiger partial charge in [0.05, 0.1) is 0 Å². The van der Waals surface area contributed by atoms with Crippen LogP contribution in [-0.4, -0.2) is 13.2 Å². The van der Waals surface area contributed by atoms with Crippen molar-refractivity contribution in [2.24, 2.45) is 5.92 Å². The Hall–Kier alpha value is -0.560. The van der Waals surface area contributed by atoms with Gasteiger partial charge in [0.15, 0.2) is 0 Å². The van der Waals surface area contributed by atoms with Crippen molar-refractivity contribution in [2.45, 2.75) is 85.0 Å². The summed E-state index contributed by atoms with van der Waals surface area (Å²) in [7, 11) is 0. The van der Waals surface area contributed by atoms with Gasteiger partial charge in [0.1, 0.15) is 0 Å². The van der Waals surface area contributed by atoms with E-state index in [4.69, 9.17) is 4.74 Å². The predicted octanol–water partition coefficient (Wildman–Crippen LogP) is 6.69. The van der Waals surface area contributed by atoms with Gasteiger partial charge in [-0.05, 0) is 65.2 Å². The SMILES string of the molecule is C/C=C/CCCCCC(CCCCC/C=C/C)COCC. The van der Waals surface area contributed by atoms with Crippen molar-refractivity contribution in [3.63, 3.8) is 0 Å². The lowest BCUT2D eigenvalue weighted by Crippen LogP contribution is -2.10. The molecule has 0 radical (unpaired) electrons. The topological polar surface area (TPSA) is 9.23 Å². The van der Waals surface area contributed by atoms with Crippen molar-refractivity contribution < 1.29 is 4.74 Å². The molecule has 0 N–H and O–H groups in total. The highest BCUT2D eigenvalue weighted by Gasteiger charge is 2.08. The van der Waals surface area contributed by atoms with Crippen LogP contribution in [0.15, 0.2) is 24.3 Å². The van der Waals surface area contributed by atoms with Crippen LogP contribution >= 0.6 is 0 Å². The summed E-state index contributed by atoms with van der Waals surface area (Å²) in [5, 5.41) is 0. The molecule has 0 saturated carbocycles. The van der Waals surface area contributed by atoms with Crippen LogP contribution in [0.25, 0.3) is 0 Å². The summed E-state index contributed by atoms with van der Waals surface area (Å²) in [5.74, 6) is 0.786. The lowest BCUT2D eigenvalue weighted by molar-refractivity contribution is 0.101. The van der Waals surface area contributed by atoms with Gasteiger partial charge in [-0.15, -0.1) is 0 Å². The van der Waals surface area contributed by atoms with Crippen molar-refractivity contribution in [2.75, 3.05) is 13.2 Å². The zero-order chi connectivity index (χ0) is 15.6. The Morgan fingerprint density at radius 1 is 0.762 bits per heavy atom. The van der Waals surface area contributed by atoms with E-state index in [-0.39, 0.29) is 0 Å². The number of unbranched alkanes of at least 4 members (excludes halogenated alkanes) is 6. The molecule has 0 aromatic rings. The highest BCUT2D eigenvalue weighted by molar-refractivity contribution is 4.77. The van der Waals surface area contributed by atoms with E-state index in [1.807, 2.05) is 0 Å². The average Bonchev–Trinajstić information content (AvgIpc) is 2.50. The molecule has 0 atom stereocenters. The molecule has 0 aliphatic heterocycles. The van der Waals surface area contributed by atoms with Crippen LogP contribution in [0.2, 0.25) is 0 Å². The van der Waals surface area contributed by atoms with Crippen LogP contribution in [0.1, 0.15) is 85.0 Å². The molecule has 1 nitrogen and oxygen atoms in total. The Morgan fingerprint density at radius 3 is 1.71 bits per heavy atom. The minimum Gasteiger partial charge on any atom is -0.381 e. The largest absolute Gasteiger partial charge is 0.381 e.